The van der Waals surface area contributed by atoms with Crippen LogP contribution in [-0.2, 0) is 13.1 Å². The Morgan fingerprint density at radius 2 is 2.14 bits per heavy atom. The van der Waals surface area contributed by atoms with E-state index in [4.69, 9.17) is 0 Å². The van der Waals surface area contributed by atoms with Crippen molar-refractivity contribution in [3.05, 3.63) is 53.1 Å². The zero-order valence-corrected chi connectivity index (χ0v) is 11.1. The molecule has 0 unspecified atom stereocenters. The molecule has 0 aliphatic carbocycles. The standard InChI is InChI=1S/C15H13FN2O3/c16-12-3-1-2-10(6-12)7-18-5-4-17-8-11(9-19)14(20)13(17)15(18)21/h1-3,6,8-9,20H,4-5,7H2. The summed E-state index contributed by atoms with van der Waals surface area (Å²) in [6, 6.07) is 6.04. The summed E-state index contributed by atoms with van der Waals surface area (Å²) in [6.07, 6.45) is 1.99. The minimum atomic E-state index is -0.365. The van der Waals surface area contributed by atoms with Gasteiger partial charge in [-0.2, -0.15) is 0 Å². The number of hydrogen-bond acceptors (Lipinski definition) is 3. The summed E-state index contributed by atoms with van der Waals surface area (Å²) in [5.74, 6) is -1.01. The number of halogens is 1. The van der Waals surface area contributed by atoms with Gasteiger partial charge in [0.05, 0.1) is 5.56 Å². The van der Waals surface area contributed by atoms with Gasteiger partial charge in [0.2, 0.25) is 0 Å². The topological polar surface area (TPSA) is 62.5 Å². The van der Waals surface area contributed by atoms with Crippen LogP contribution in [0.25, 0.3) is 0 Å². The van der Waals surface area contributed by atoms with E-state index in [0.29, 0.717) is 24.9 Å². The van der Waals surface area contributed by atoms with Gasteiger partial charge in [0.15, 0.2) is 12.0 Å². The number of hydrogen-bond donors (Lipinski definition) is 1. The van der Waals surface area contributed by atoms with Crippen molar-refractivity contribution in [3.63, 3.8) is 0 Å². The summed E-state index contributed by atoms with van der Waals surface area (Å²) in [4.78, 5) is 24.7. The highest BCUT2D eigenvalue weighted by atomic mass is 19.1. The lowest BCUT2D eigenvalue weighted by Crippen LogP contribution is -2.39. The van der Waals surface area contributed by atoms with Gasteiger partial charge in [0.1, 0.15) is 11.5 Å². The van der Waals surface area contributed by atoms with Crippen molar-refractivity contribution in [2.24, 2.45) is 0 Å². The van der Waals surface area contributed by atoms with Crippen molar-refractivity contribution in [3.8, 4) is 5.75 Å². The highest BCUT2D eigenvalue weighted by molar-refractivity contribution is 5.99. The highest BCUT2D eigenvalue weighted by Gasteiger charge is 2.29. The van der Waals surface area contributed by atoms with Crippen molar-refractivity contribution >= 4 is 12.2 Å². The van der Waals surface area contributed by atoms with Crippen molar-refractivity contribution in [1.29, 1.82) is 0 Å². The lowest BCUT2D eigenvalue weighted by Gasteiger charge is -2.28. The molecule has 1 amide bonds. The third-order valence-corrected chi connectivity index (χ3v) is 3.57. The number of nitrogens with zero attached hydrogens (tertiary/aromatic N) is 2. The molecule has 3 rings (SSSR count). The average molecular weight is 288 g/mol. The molecule has 21 heavy (non-hydrogen) atoms. The number of aromatic nitrogens is 1. The number of benzene rings is 1. The minimum Gasteiger partial charge on any atom is -0.505 e. The van der Waals surface area contributed by atoms with Crippen LogP contribution in [0.5, 0.6) is 5.75 Å². The second kappa shape index (κ2) is 5.05. The third kappa shape index (κ3) is 2.29. The van der Waals surface area contributed by atoms with E-state index in [1.165, 1.54) is 23.2 Å². The average Bonchev–Trinajstić information content (AvgIpc) is 2.79. The van der Waals surface area contributed by atoms with Crippen LogP contribution in [-0.4, -0.2) is 33.3 Å². The Bertz CT molecular complexity index is 724. The number of rotatable bonds is 3. The SMILES string of the molecule is O=Cc1cn2c(c1O)C(=O)N(Cc1cccc(F)c1)CC2. The molecule has 1 aromatic heterocycles. The van der Waals surface area contributed by atoms with Crippen LogP contribution in [0, 0.1) is 5.82 Å². The first-order valence-corrected chi connectivity index (χ1v) is 6.51. The molecule has 5 nitrogen and oxygen atoms in total. The minimum absolute atomic E-state index is 0.103. The van der Waals surface area contributed by atoms with Crippen molar-refractivity contribution in [2.45, 2.75) is 13.1 Å². The molecule has 1 aliphatic heterocycles. The Hall–Kier alpha value is -2.63. The molecule has 0 bridgehead atoms. The van der Waals surface area contributed by atoms with E-state index in [-0.39, 0.29) is 35.3 Å². The van der Waals surface area contributed by atoms with E-state index < -0.39 is 0 Å². The molecule has 0 saturated heterocycles. The Morgan fingerprint density at radius 3 is 2.86 bits per heavy atom. The molecule has 1 aromatic carbocycles. The summed E-state index contributed by atoms with van der Waals surface area (Å²) in [5, 5.41) is 9.91. The molecule has 2 heterocycles. The van der Waals surface area contributed by atoms with Gasteiger partial charge in [-0.15, -0.1) is 0 Å². The lowest BCUT2D eigenvalue weighted by molar-refractivity contribution is 0.0686. The van der Waals surface area contributed by atoms with Gasteiger partial charge in [-0.25, -0.2) is 4.39 Å². The molecule has 0 fully saturated rings. The van der Waals surface area contributed by atoms with E-state index in [9.17, 15) is 19.1 Å². The van der Waals surface area contributed by atoms with Crippen LogP contribution in [0.3, 0.4) is 0 Å². The number of aromatic hydroxyl groups is 1. The Morgan fingerprint density at radius 1 is 1.33 bits per heavy atom. The van der Waals surface area contributed by atoms with Crippen molar-refractivity contribution in [1.82, 2.24) is 9.47 Å². The summed E-state index contributed by atoms with van der Waals surface area (Å²) < 4.78 is 14.8. The first-order valence-electron chi connectivity index (χ1n) is 6.51. The predicted octanol–water partition coefficient (Wildman–Crippen LogP) is 1.80. The molecular formula is C15H13FN2O3. The fourth-order valence-corrected chi connectivity index (χ4v) is 2.54. The number of amides is 1. The fourth-order valence-electron chi connectivity index (χ4n) is 2.54. The molecule has 108 valence electrons. The Kier molecular flexibility index (Phi) is 3.21. The van der Waals surface area contributed by atoms with Crippen LogP contribution in [0.2, 0.25) is 0 Å². The van der Waals surface area contributed by atoms with Crippen LogP contribution < -0.4 is 0 Å². The van der Waals surface area contributed by atoms with Gasteiger partial charge < -0.3 is 14.6 Å². The smallest absolute Gasteiger partial charge is 0.274 e. The second-order valence-electron chi connectivity index (χ2n) is 4.95. The number of fused-ring (bicyclic) bond motifs is 1. The number of aldehydes is 1. The van der Waals surface area contributed by atoms with Crippen LogP contribution in [0.15, 0.2) is 30.5 Å². The molecule has 1 aliphatic rings. The first kappa shape index (κ1) is 13.4. The van der Waals surface area contributed by atoms with Crippen molar-refractivity contribution in [2.75, 3.05) is 6.54 Å². The first-order chi connectivity index (χ1) is 10.1. The normalized spacial score (nSPS) is 14.1. The maximum absolute atomic E-state index is 13.2. The number of carbonyl (C=O) groups excluding carboxylic acids is 2. The molecule has 1 N–H and O–H groups in total. The van der Waals surface area contributed by atoms with E-state index >= 15 is 0 Å². The van der Waals surface area contributed by atoms with Gasteiger partial charge in [0.25, 0.3) is 5.91 Å². The van der Waals surface area contributed by atoms with E-state index in [1.54, 1.807) is 16.7 Å². The quantitative estimate of drug-likeness (QED) is 0.876. The second-order valence-corrected chi connectivity index (χ2v) is 4.95. The van der Waals surface area contributed by atoms with Gasteiger partial charge >= 0.3 is 0 Å². The summed E-state index contributed by atoms with van der Waals surface area (Å²) >= 11 is 0. The third-order valence-electron chi connectivity index (χ3n) is 3.57. The van der Waals surface area contributed by atoms with Gasteiger partial charge in [0, 0.05) is 25.8 Å². The summed E-state index contributed by atoms with van der Waals surface area (Å²) in [7, 11) is 0. The zero-order valence-electron chi connectivity index (χ0n) is 11.1. The highest BCUT2D eigenvalue weighted by Crippen LogP contribution is 2.28. The molecule has 6 heteroatoms. The maximum Gasteiger partial charge on any atom is 0.274 e. The molecule has 0 saturated carbocycles. The molecule has 0 spiro atoms. The predicted molar refractivity (Wildman–Crippen MR) is 72.6 cm³/mol. The fraction of sp³-hybridized carbons (Fsp3) is 0.200. The molecule has 0 atom stereocenters. The van der Waals surface area contributed by atoms with Gasteiger partial charge in [-0.3, -0.25) is 9.59 Å². The summed E-state index contributed by atoms with van der Waals surface area (Å²) in [6.45, 7) is 1.18. The van der Waals surface area contributed by atoms with E-state index in [0.717, 1.165) is 0 Å². The molecular weight excluding hydrogens is 275 g/mol. The largest absolute Gasteiger partial charge is 0.505 e. The Labute approximate surface area is 120 Å². The molecule has 2 aromatic rings. The Balaban J connectivity index is 1.88. The maximum atomic E-state index is 13.2. The number of carbonyl (C=O) groups is 2. The van der Waals surface area contributed by atoms with Crippen molar-refractivity contribution < 1.29 is 19.1 Å². The van der Waals surface area contributed by atoms with Crippen LogP contribution >= 0.6 is 0 Å². The van der Waals surface area contributed by atoms with Gasteiger partial charge in [-0.05, 0) is 17.7 Å². The summed E-state index contributed by atoms with van der Waals surface area (Å²) in [5.41, 5.74) is 0.893. The van der Waals surface area contributed by atoms with Crippen LogP contribution in [0.1, 0.15) is 26.4 Å². The zero-order chi connectivity index (χ0) is 15.0. The van der Waals surface area contributed by atoms with Crippen LogP contribution in [0.4, 0.5) is 4.39 Å². The van der Waals surface area contributed by atoms with E-state index in [1.807, 2.05) is 0 Å². The van der Waals surface area contributed by atoms with Gasteiger partial charge in [-0.1, -0.05) is 12.1 Å². The monoisotopic (exact) mass is 288 g/mol. The molecule has 0 radical (unpaired) electrons. The van der Waals surface area contributed by atoms with E-state index in [2.05, 4.69) is 0 Å². The lowest BCUT2D eigenvalue weighted by atomic mass is 10.1.